The van der Waals surface area contributed by atoms with Crippen LogP contribution in [0.25, 0.3) is 0 Å². The molecule has 2 rings (SSSR count). The fraction of sp³-hybridized carbons (Fsp3) is 0.188. The number of allylic oxidation sites excluding steroid dienone is 1. The number of carbonyl (C=O) groups excluding carboxylic acids is 1. The molecule has 0 radical (unpaired) electrons. The summed E-state index contributed by atoms with van der Waals surface area (Å²) in [5, 5.41) is 2.77. The highest BCUT2D eigenvalue weighted by molar-refractivity contribution is 8.00. The van der Waals surface area contributed by atoms with Gasteiger partial charge >= 0.3 is 0 Å². The summed E-state index contributed by atoms with van der Waals surface area (Å²) in [6, 6.07) is 10.4. The van der Waals surface area contributed by atoms with Crippen LogP contribution < -0.4 is 16.6 Å². The molecule has 0 aliphatic rings. The molecule has 23 heavy (non-hydrogen) atoms. The van der Waals surface area contributed by atoms with E-state index in [-0.39, 0.29) is 5.91 Å². The Hall–Kier alpha value is -2.54. The number of carbonyl (C=O) groups is 1. The van der Waals surface area contributed by atoms with Crippen LogP contribution in [0.15, 0.2) is 59.0 Å². The van der Waals surface area contributed by atoms with E-state index in [0.29, 0.717) is 23.2 Å². The number of thioether (sulfide) groups is 1. The van der Waals surface area contributed by atoms with Crippen LogP contribution in [0.1, 0.15) is 6.92 Å². The lowest BCUT2D eigenvalue weighted by Gasteiger charge is -2.16. The number of rotatable bonds is 6. The Kier molecular flexibility index (Phi) is 5.59. The van der Waals surface area contributed by atoms with Crippen molar-refractivity contribution in [3.63, 3.8) is 0 Å². The van der Waals surface area contributed by atoms with E-state index in [2.05, 4.69) is 16.9 Å². The van der Waals surface area contributed by atoms with Gasteiger partial charge in [0.2, 0.25) is 5.91 Å². The molecule has 0 saturated carbocycles. The Morgan fingerprint density at radius 3 is 2.83 bits per heavy atom. The number of benzene rings is 1. The molecule has 1 heterocycles. The van der Waals surface area contributed by atoms with Crippen LogP contribution in [0.5, 0.6) is 0 Å². The third kappa shape index (κ3) is 4.46. The van der Waals surface area contributed by atoms with E-state index in [4.69, 9.17) is 5.73 Å². The second kappa shape index (κ2) is 7.64. The molecule has 0 aliphatic carbocycles. The van der Waals surface area contributed by atoms with E-state index in [0.717, 1.165) is 0 Å². The van der Waals surface area contributed by atoms with Crippen LogP contribution in [0.2, 0.25) is 0 Å². The maximum absolute atomic E-state index is 12.3. The van der Waals surface area contributed by atoms with Crippen molar-refractivity contribution >= 4 is 29.2 Å². The van der Waals surface area contributed by atoms with E-state index in [9.17, 15) is 9.59 Å². The van der Waals surface area contributed by atoms with Gasteiger partial charge in [0.25, 0.3) is 5.56 Å². The standard InChI is InChI=1S/C16H18N4O2S/c1-3-9-20-13(17)10-14(21)19-16(20)23-11(2)15(22)18-12-7-5-4-6-8-12/h3-8,10-11H,1,9,17H2,2H3,(H,18,22). The van der Waals surface area contributed by atoms with E-state index in [1.54, 1.807) is 17.6 Å². The zero-order chi connectivity index (χ0) is 16.8. The van der Waals surface area contributed by atoms with Crippen molar-refractivity contribution in [1.29, 1.82) is 0 Å². The zero-order valence-electron chi connectivity index (χ0n) is 12.7. The fourth-order valence-electron chi connectivity index (χ4n) is 1.88. The first-order chi connectivity index (χ1) is 11.0. The smallest absolute Gasteiger partial charge is 0.275 e. The predicted molar refractivity (Wildman–Crippen MR) is 93.5 cm³/mol. The van der Waals surface area contributed by atoms with Crippen molar-refractivity contribution in [2.24, 2.45) is 0 Å². The van der Waals surface area contributed by atoms with Crippen LogP contribution >= 0.6 is 11.8 Å². The highest BCUT2D eigenvalue weighted by Gasteiger charge is 2.18. The maximum Gasteiger partial charge on any atom is 0.275 e. The molecule has 3 N–H and O–H groups in total. The third-order valence-corrected chi connectivity index (χ3v) is 4.11. The van der Waals surface area contributed by atoms with Crippen molar-refractivity contribution in [3.05, 3.63) is 59.4 Å². The SMILES string of the molecule is C=CCn1c(N)cc(=O)nc1SC(C)C(=O)Nc1ccccc1. The molecule has 2 aromatic rings. The number of aromatic nitrogens is 2. The van der Waals surface area contributed by atoms with Crippen molar-refractivity contribution in [2.75, 3.05) is 11.1 Å². The number of nitrogens with two attached hydrogens (primary N) is 1. The first-order valence-corrected chi connectivity index (χ1v) is 7.90. The summed E-state index contributed by atoms with van der Waals surface area (Å²) in [7, 11) is 0. The maximum atomic E-state index is 12.3. The number of anilines is 2. The Bertz CT molecular complexity index is 758. The van der Waals surface area contributed by atoms with Gasteiger partial charge in [-0.1, -0.05) is 36.0 Å². The van der Waals surface area contributed by atoms with Crippen LogP contribution in [0.4, 0.5) is 11.5 Å². The Morgan fingerprint density at radius 1 is 1.48 bits per heavy atom. The Balaban J connectivity index is 2.16. The van der Waals surface area contributed by atoms with Gasteiger partial charge in [-0.3, -0.25) is 9.59 Å². The van der Waals surface area contributed by atoms with Gasteiger partial charge in [-0.25, -0.2) is 0 Å². The molecule has 0 bridgehead atoms. The predicted octanol–water partition coefficient (Wildman–Crippen LogP) is 2.13. The molecule has 0 spiro atoms. The summed E-state index contributed by atoms with van der Waals surface area (Å²) >= 11 is 1.18. The van der Waals surface area contributed by atoms with Crippen LogP contribution in [0, 0.1) is 0 Å². The molecule has 120 valence electrons. The molecule has 0 aliphatic heterocycles. The molecule has 6 nitrogen and oxygen atoms in total. The number of hydrogen-bond acceptors (Lipinski definition) is 5. The number of nitrogens with zero attached hydrogens (tertiary/aromatic N) is 2. The summed E-state index contributed by atoms with van der Waals surface area (Å²) in [5.74, 6) is 0.117. The van der Waals surface area contributed by atoms with E-state index in [1.807, 2.05) is 30.3 Å². The number of nitrogen functional groups attached to an aromatic ring is 1. The normalized spacial score (nSPS) is 11.7. The molecule has 0 fully saturated rings. The summed E-state index contributed by atoms with van der Waals surface area (Å²) in [4.78, 5) is 27.8. The summed E-state index contributed by atoms with van der Waals surface area (Å²) in [6.45, 7) is 5.82. The Labute approximate surface area is 138 Å². The summed E-state index contributed by atoms with van der Waals surface area (Å²) in [5.41, 5.74) is 6.13. The molecule has 1 aromatic heterocycles. The van der Waals surface area contributed by atoms with Crippen LogP contribution in [-0.4, -0.2) is 20.7 Å². The Morgan fingerprint density at radius 2 is 2.17 bits per heavy atom. The minimum Gasteiger partial charge on any atom is -0.385 e. The minimum atomic E-state index is -0.444. The summed E-state index contributed by atoms with van der Waals surface area (Å²) < 4.78 is 1.64. The lowest BCUT2D eigenvalue weighted by atomic mass is 10.3. The zero-order valence-corrected chi connectivity index (χ0v) is 13.5. The van der Waals surface area contributed by atoms with Gasteiger partial charge in [-0.15, -0.1) is 6.58 Å². The average Bonchev–Trinajstić information content (AvgIpc) is 2.51. The quantitative estimate of drug-likeness (QED) is 0.481. The highest BCUT2D eigenvalue weighted by Crippen LogP contribution is 2.23. The van der Waals surface area contributed by atoms with Gasteiger partial charge in [0.15, 0.2) is 5.16 Å². The number of hydrogen-bond donors (Lipinski definition) is 2. The summed E-state index contributed by atoms with van der Waals surface area (Å²) in [6.07, 6.45) is 1.65. The lowest BCUT2D eigenvalue weighted by molar-refractivity contribution is -0.115. The first-order valence-electron chi connectivity index (χ1n) is 7.02. The van der Waals surface area contributed by atoms with Gasteiger partial charge in [-0.05, 0) is 19.1 Å². The highest BCUT2D eigenvalue weighted by atomic mass is 32.2. The fourth-order valence-corrected chi connectivity index (χ4v) is 2.81. The van der Waals surface area contributed by atoms with Gasteiger partial charge in [0, 0.05) is 18.3 Å². The van der Waals surface area contributed by atoms with Crippen molar-refractivity contribution < 1.29 is 4.79 Å². The van der Waals surface area contributed by atoms with Crippen LogP contribution in [-0.2, 0) is 11.3 Å². The van der Waals surface area contributed by atoms with Gasteiger partial charge < -0.3 is 15.6 Å². The lowest BCUT2D eigenvalue weighted by Crippen LogP contribution is -2.25. The van der Waals surface area contributed by atoms with E-state index < -0.39 is 10.8 Å². The topological polar surface area (TPSA) is 90.0 Å². The number of amides is 1. The van der Waals surface area contributed by atoms with Crippen molar-refractivity contribution in [1.82, 2.24) is 9.55 Å². The molecule has 1 unspecified atom stereocenters. The molecule has 1 aromatic carbocycles. The van der Waals surface area contributed by atoms with Crippen molar-refractivity contribution in [2.45, 2.75) is 23.9 Å². The molecule has 1 amide bonds. The average molecular weight is 330 g/mol. The van der Waals surface area contributed by atoms with E-state index in [1.165, 1.54) is 17.8 Å². The van der Waals surface area contributed by atoms with E-state index >= 15 is 0 Å². The third-order valence-electron chi connectivity index (χ3n) is 3.02. The second-order valence-electron chi connectivity index (χ2n) is 4.82. The molecule has 7 heteroatoms. The molecule has 1 atom stereocenters. The number of nitrogens with one attached hydrogen (secondary N) is 1. The van der Waals surface area contributed by atoms with Gasteiger partial charge in [0.05, 0.1) is 5.25 Å². The van der Waals surface area contributed by atoms with Crippen molar-refractivity contribution in [3.8, 4) is 0 Å². The van der Waals surface area contributed by atoms with Gasteiger partial charge in [-0.2, -0.15) is 4.98 Å². The molecular formula is C16H18N4O2S. The first kappa shape index (κ1) is 16.8. The number of para-hydroxylation sites is 1. The largest absolute Gasteiger partial charge is 0.385 e. The van der Waals surface area contributed by atoms with Gasteiger partial charge in [0.1, 0.15) is 5.82 Å². The minimum absolute atomic E-state index is 0.178. The molecular weight excluding hydrogens is 312 g/mol. The monoisotopic (exact) mass is 330 g/mol. The molecule has 0 saturated heterocycles. The van der Waals surface area contributed by atoms with Crippen LogP contribution in [0.3, 0.4) is 0 Å². The second-order valence-corrected chi connectivity index (χ2v) is 6.12.